The molecule has 0 spiro atoms. The minimum absolute atomic E-state index is 0.158. The van der Waals surface area contributed by atoms with E-state index in [1.807, 2.05) is 0 Å². The molecule has 0 bridgehead atoms. The fraction of sp³-hybridized carbons (Fsp3) is 0.559. The lowest BCUT2D eigenvalue weighted by atomic mass is 9.72. The van der Waals surface area contributed by atoms with Crippen molar-refractivity contribution in [3.8, 4) is 17.2 Å². The van der Waals surface area contributed by atoms with Gasteiger partial charge in [-0.25, -0.2) is 0 Å². The van der Waals surface area contributed by atoms with Crippen LogP contribution >= 0.6 is 11.8 Å². The van der Waals surface area contributed by atoms with Gasteiger partial charge >= 0.3 is 0 Å². The number of thioether (sulfide) groups is 1. The molecule has 0 aliphatic carbocycles. The number of benzene rings is 2. The highest BCUT2D eigenvalue weighted by atomic mass is 32.2. The third-order valence-corrected chi connectivity index (χ3v) is 11.0. The van der Waals surface area contributed by atoms with Crippen molar-refractivity contribution in [2.75, 3.05) is 6.54 Å². The summed E-state index contributed by atoms with van der Waals surface area (Å²) in [6.07, 6.45) is 6.85. The van der Waals surface area contributed by atoms with Crippen LogP contribution in [-0.2, 0) is 21.0 Å². The summed E-state index contributed by atoms with van der Waals surface area (Å²) in [4.78, 5) is 0. The summed E-state index contributed by atoms with van der Waals surface area (Å²) in [5, 5.41) is 11.8. The molecule has 0 saturated heterocycles. The number of rotatable bonds is 13. The summed E-state index contributed by atoms with van der Waals surface area (Å²) in [5.41, 5.74) is 11.2. The Morgan fingerprint density at radius 3 is 1.47 bits per heavy atom. The Morgan fingerprint density at radius 2 is 1.11 bits per heavy atom. The Kier molecular flexibility index (Phi) is 11.6. The molecule has 0 radical (unpaired) electrons. The maximum absolute atomic E-state index is 9.44. The van der Waals surface area contributed by atoms with Crippen LogP contribution in [0.15, 0.2) is 48.5 Å². The molecule has 2 aromatic carbocycles. The lowest BCUT2D eigenvalue weighted by Crippen LogP contribution is -2.34. The van der Waals surface area contributed by atoms with Crippen molar-refractivity contribution in [2.45, 2.75) is 114 Å². The van der Waals surface area contributed by atoms with E-state index in [9.17, 15) is 5.26 Å². The molecule has 0 saturated carbocycles. The van der Waals surface area contributed by atoms with E-state index in [1.54, 1.807) is 0 Å². The van der Waals surface area contributed by atoms with Crippen molar-refractivity contribution in [3.63, 3.8) is 0 Å². The van der Waals surface area contributed by atoms with Gasteiger partial charge in [0.1, 0.15) is 13.2 Å². The maximum atomic E-state index is 9.44. The highest BCUT2D eigenvalue weighted by Gasteiger charge is 2.33. The minimum Gasteiger partial charge on any atom is -0.329 e. The summed E-state index contributed by atoms with van der Waals surface area (Å²) in [5.74, 6) is 7.52. The predicted octanol–water partition coefficient (Wildman–Crippen LogP) is 8.00. The monoisotopic (exact) mass is 528 g/mol. The molecular formula is C34H49BN2S. The maximum Gasteiger partial charge on any atom is 0.134 e. The molecule has 4 heteroatoms. The van der Waals surface area contributed by atoms with Gasteiger partial charge in [0.2, 0.25) is 0 Å². The predicted molar refractivity (Wildman–Crippen MR) is 170 cm³/mol. The number of hydrogen-bond donors (Lipinski definition) is 1. The average Bonchev–Trinajstić information content (AvgIpc) is 2.99. The van der Waals surface area contributed by atoms with Crippen molar-refractivity contribution < 1.29 is 0 Å². The van der Waals surface area contributed by atoms with Crippen LogP contribution in [0, 0.1) is 22.5 Å². The second kappa shape index (κ2) is 13.8. The number of nitrogens with zero attached hydrogens (tertiary/aromatic N) is 1. The number of hydrogen-bond acceptors (Lipinski definition) is 3. The van der Waals surface area contributed by atoms with E-state index < -0.39 is 0 Å². The van der Waals surface area contributed by atoms with Crippen LogP contribution in [0.25, 0.3) is 0 Å². The van der Waals surface area contributed by atoms with Gasteiger partial charge in [-0.15, -0.1) is 0 Å². The molecule has 0 aliphatic heterocycles. The van der Waals surface area contributed by atoms with Gasteiger partial charge in [-0.2, -0.15) is 5.26 Å². The van der Waals surface area contributed by atoms with Gasteiger partial charge in [-0.3, -0.25) is 0 Å². The number of nitrogens with two attached hydrogens (primary N) is 1. The van der Waals surface area contributed by atoms with Crippen LogP contribution in [0.5, 0.6) is 0 Å². The fourth-order valence-electron chi connectivity index (χ4n) is 5.72. The molecule has 0 aliphatic rings. The number of nitriles is 1. The van der Waals surface area contributed by atoms with Crippen molar-refractivity contribution >= 4 is 19.6 Å². The Labute approximate surface area is 239 Å². The summed E-state index contributed by atoms with van der Waals surface area (Å²) >= 11 is 1.39. The van der Waals surface area contributed by atoms with Crippen LogP contribution in [0.1, 0.15) is 109 Å². The van der Waals surface area contributed by atoms with Gasteiger partial charge in [-0.1, -0.05) is 115 Å². The van der Waals surface area contributed by atoms with E-state index >= 15 is 0 Å². The summed E-state index contributed by atoms with van der Waals surface area (Å²) < 4.78 is -0.158. The van der Waals surface area contributed by atoms with Crippen LogP contribution < -0.4 is 5.73 Å². The quantitative estimate of drug-likeness (QED) is 0.163. The summed E-state index contributed by atoms with van der Waals surface area (Å²) in [6.45, 7) is 16.2. The SMILES string of the molecule is BCC(CC)(SC#N)c1ccc(C(C#CC(CC)(CN)c2ccc(C(C)(CC)CC)cc2)(CC)CC)cc1. The molecular weight excluding hydrogens is 479 g/mol. The van der Waals surface area contributed by atoms with E-state index in [2.05, 4.69) is 122 Å². The van der Waals surface area contributed by atoms with Gasteiger partial charge in [-0.05, 0) is 78.0 Å². The molecule has 2 aromatic rings. The molecule has 2 atom stereocenters. The summed E-state index contributed by atoms with van der Waals surface area (Å²) in [6, 6.07) is 18.1. The first-order valence-corrected chi connectivity index (χ1v) is 15.5. The summed E-state index contributed by atoms with van der Waals surface area (Å²) in [7, 11) is 2.17. The smallest absolute Gasteiger partial charge is 0.134 e. The van der Waals surface area contributed by atoms with E-state index in [1.165, 1.54) is 34.0 Å². The standard InChI is InChI=1S/C34H49BN2S/c1-8-31(7,9-2)27-14-16-29(17-15-27)33(12-5,25-36)23-22-32(10-3,11-4)28-18-20-30(21-19-28)34(13-6,24-35)38-26-37/h14-21H,8-13,24-25,35-36H2,1-7H3. The van der Waals surface area contributed by atoms with Crippen LogP contribution in [-0.4, -0.2) is 14.4 Å². The zero-order valence-corrected chi connectivity index (χ0v) is 26.0. The first-order chi connectivity index (χ1) is 18.2. The third-order valence-electron chi connectivity index (χ3n) is 9.74. The number of thiocyanates is 1. The first-order valence-electron chi connectivity index (χ1n) is 14.7. The Hall–Kier alpha value is -2.14. The third kappa shape index (κ3) is 6.19. The molecule has 0 aromatic heterocycles. The Morgan fingerprint density at radius 1 is 0.684 bits per heavy atom. The molecule has 38 heavy (non-hydrogen) atoms. The van der Waals surface area contributed by atoms with Crippen molar-refractivity contribution in [2.24, 2.45) is 5.73 Å². The lowest BCUT2D eigenvalue weighted by Gasteiger charge is -2.32. The first kappa shape index (κ1) is 32.1. The van der Waals surface area contributed by atoms with Gasteiger partial charge in [0.05, 0.1) is 10.8 Å². The van der Waals surface area contributed by atoms with Gasteiger partial charge in [0.25, 0.3) is 0 Å². The van der Waals surface area contributed by atoms with Gasteiger partial charge in [0, 0.05) is 11.3 Å². The van der Waals surface area contributed by atoms with Crippen molar-refractivity contribution in [1.29, 1.82) is 5.26 Å². The molecule has 0 amide bonds. The van der Waals surface area contributed by atoms with Gasteiger partial charge < -0.3 is 5.73 Å². The van der Waals surface area contributed by atoms with Crippen LogP contribution in [0.2, 0.25) is 6.32 Å². The topological polar surface area (TPSA) is 49.8 Å². The zero-order chi connectivity index (χ0) is 28.5. The largest absolute Gasteiger partial charge is 0.329 e. The molecule has 0 heterocycles. The van der Waals surface area contributed by atoms with Crippen LogP contribution in [0.3, 0.4) is 0 Å². The van der Waals surface area contributed by atoms with Crippen molar-refractivity contribution in [3.05, 3.63) is 70.8 Å². The normalized spacial score (nSPS) is 15.0. The Bertz CT molecular complexity index is 1100. The second-order valence-electron chi connectivity index (χ2n) is 11.0. The lowest BCUT2D eigenvalue weighted by molar-refractivity contribution is 0.438. The highest BCUT2D eigenvalue weighted by molar-refractivity contribution is 8.04. The molecule has 204 valence electrons. The van der Waals surface area contributed by atoms with E-state index in [0.29, 0.717) is 6.54 Å². The fourth-order valence-corrected chi connectivity index (χ4v) is 6.43. The van der Waals surface area contributed by atoms with Crippen molar-refractivity contribution in [1.82, 2.24) is 0 Å². The Balaban J connectivity index is 2.55. The van der Waals surface area contributed by atoms with Gasteiger partial charge in [0.15, 0.2) is 0 Å². The highest BCUT2D eigenvalue weighted by Crippen LogP contribution is 2.43. The average molecular weight is 529 g/mol. The van der Waals surface area contributed by atoms with E-state index in [0.717, 1.165) is 44.8 Å². The zero-order valence-electron chi connectivity index (χ0n) is 25.2. The van der Waals surface area contributed by atoms with E-state index in [-0.39, 0.29) is 21.0 Å². The van der Waals surface area contributed by atoms with Crippen LogP contribution in [0.4, 0.5) is 0 Å². The second-order valence-corrected chi connectivity index (χ2v) is 12.2. The molecule has 2 unspecified atom stereocenters. The molecule has 2 N–H and O–H groups in total. The molecule has 2 nitrogen and oxygen atoms in total. The molecule has 0 fully saturated rings. The molecule has 2 rings (SSSR count). The van der Waals surface area contributed by atoms with E-state index in [4.69, 9.17) is 5.73 Å². The minimum atomic E-state index is -0.369.